The number of carbonyl (C=O) groups is 1. The zero-order valence-corrected chi connectivity index (χ0v) is 14.1. The van der Waals surface area contributed by atoms with E-state index in [0.717, 1.165) is 36.5 Å². The number of imidazole rings is 1. The molecule has 24 heavy (non-hydrogen) atoms. The normalized spacial score (nSPS) is 17.2. The number of amides is 1. The molecule has 2 heterocycles. The fraction of sp³-hybridized carbons (Fsp3) is 0.444. The van der Waals surface area contributed by atoms with Crippen LogP contribution in [0.1, 0.15) is 30.3 Å². The second-order valence-electron chi connectivity index (χ2n) is 5.97. The molecule has 128 valence electrons. The number of carbonyl (C=O) groups excluding carboxylic acids is 1. The average Bonchev–Trinajstić information content (AvgIpc) is 3.24. The van der Waals surface area contributed by atoms with Gasteiger partial charge in [0.2, 0.25) is 5.91 Å². The van der Waals surface area contributed by atoms with Gasteiger partial charge in [-0.2, -0.15) is 0 Å². The molecular weight excluding hydrogens is 306 g/mol. The largest absolute Gasteiger partial charge is 0.497 e. The van der Waals surface area contributed by atoms with Crippen LogP contribution in [0.2, 0.25) is 0 Å². The number of likely N-dealkylation sites (tertiary alicyclic amines) is 1. The molecule has 6 nitrogen and oxygen atoms in total. The number of aryl methyl sites for hydroxylation is 1. The molecule has 1 aromatic heterocycles. The first-order valence-corrected chi connectivity index (χ1v) is 8.16. The molecule has 0 radical (unpaired) electrons. The summed E-state index contributed by atoms with van der Waals surface area (Å²) in [6.07, 6.45) is 5.58. The Morgan fingerprint density at radius 3 is 2.79 bits per heavy atom. The van der Waals surface area contributed by atoms with Crippen molar-refractivity contribution in [1.82, 2.24) is 14.5 Å². The Balaban J connectivity index is 1.57. The zero-order valence-electron chi connectivity index (χ0n) is 14.1. The summed E-state index contributed by atoms with van der Waals surface area (Å²) >= 11 is 0. The van der Waals surface area contributed by atoms with Gasteiger partial charge in [0.25, 0.3) is 0 Å². The van der Waals surface area contributed by atoms with E-state index in [1.54, 1.807) is 13.3 Å². The van der Waals surface area contributed by atoms with E-state index in [1.165, 1.54) is 0 Å². The Morgan fingerprint density at radius 1 is 1.33 bits per heavy atom. The van der Waals surface area contributed by atoms with Crippen LogP contribution in [0.5, 0.6) is 5.75 Å². The standard InChI is InChI=1S/C18H23N3O3/c1-20-11-9-19-17(20)12-24-13-18(22)21-10-3-4-16(21)14-5-7-15(23-2)8-6-14/h5-9,11,16H,3-4,10,12-13H2,1-2H3. The fourth-order valence-corrected chi connectivity index (χ4v) is 3.09. The zero-order chi connectivity index (χ0) is 16.9. The first-order valence-electron chi connectivity index (χ1n) is 8.16. The molecule has 1 unspecified atom stereocenters. The Morgan fingerprint density at radius 2 is 2.12 bits per heavy atom. The van der Waals surface area contributed by atoms with Gasteiger partial charge >= 0.3 is 0 Å². The van der Waals surface area contributed by atoms with Crippen molar-refractivity contribution in [2.24, 2.45) is 7.05 Å². The molecule has 1 aromatic carbocycles. The summed E-state index contributed by atoms with van der Waals surface area (Å²) in [5.41, 5.74) is 1.14. The number of aromatic nitrogens is 2. The minimum Gasteiger partial charge on any atom is -0.497 e. The Kier molecular flexibility index (Phi) is 5.15. The van der Waals surface area contributed by atoms with Gasteiger partial charge in [0.05, 0.1) is 13.2 Å². The minimum atomic E-state index is 0.0301. The molecule has 0 bridgehead atoms. The first kappa shape index (κ1) is 16.5. The molecule has 1 aliphatic heterocycles. The lowest BCUT2D eigenvalue weighted by Gasteiger charge is -2.25. The van der Waals surface area contributed by atoms with Gasteiger partial charge in [-0.05, 0) is 30.5 Å². The average molecular weight is 329 g/mol. The van der Waals surface area contributed by atoms with E-state index in [4.69, 9.17) is 9.47 Å². The molecular formula is C18H23N3O3. The summed E-state index contributed by atoms with van der Waals surface area (Å²) in [4.78, 5) is 18.6. The minimum absolute atomic E-state index is 0.0301. The van der Waals surface area contributed by atoms with E-state index < -0.39 is 0 Å². The van der Waals surface area contributed by atoms with E-state index >= 15 is 0 Å². The summed E-state index contributed by atoms with van der Waals surface area (Å²) in [5.74, 6) is 1.67. The third-order valence-electron chi connectivity index (χ3n) is 4.45. The fourth-order valence-electron chi connectivity index (χ4n) is 3.09. The predicted molar refractivity (Wildman–Crippen MR) is 89.5 cm³/mol. The Bertz CT molecular complexity index is 681. The van der Waals surface area contributed by atoms with Crippen molar-refractivity contribution >= 4 is 5.91 Å². The lowest BCUT2D eigenvalue weighted by atomic mass is 10.0. The van der Waals surface area contributed by atoms with Gasteiger partial charge in [0, 0.05) is 26.0 Å². The van der Waals surface area contributed by atoms with E-state index in [9.17, 15) is 4.79 Å². The highest BCUT2D eigenvalue weighted by Gasteiger charge is 2.29. The van der Waals surface area contributed by atoms with Gasteiger partial charge < -0.3 is 18.9 Å². The van der Waals surface area contributed by atoms with Crippen molar-refractivity contribution in [2.45, 2.75) is 25.5 Å². The van der Waals surface area contributed by atoms with Crippen LogP contribution in [-0.4, -0.2) is 40.6 Å². The van der Waals surface area contributed by atoms with Crippen LogP contribution in [0, 0.1) is 0 Å². The maximum absolute atomic E-state index is 12.5. The van der Waals surface area contributed by atoms with E-state index in [2.05, 4.69) is 4.98 Å². The Labute approximate surface area is 142 Å². The summed E-state index contributed by atoms with van der Waals surface area (Å²) in [7, 11) is 3.56. The molecule has 0 N–H and O–H groups in total. The van der Waals surface area contributed by atoms with Crippen LogP contribution in [-0.2, 0) is 23.2 Å². The molecule has 2 aromatic rings. The highest BCUT2D eigenvalue weighted by Crippen LogP contribution is 2.32. The highest BCUT2D eigenvalue weighted by atomic mass is 16.5. The van der Waals surface area contributed by atoms with E-state index in [-0.39, 0.29) is 18.6 Å². The number of methoxy groups -OCH3 is 1. The van der Waals surface area contributed by atoms with Crippen molar-refractivity contribution in [3.05, 3.63) is 48.0 Å². The summed E-state index contributed by atoms with van der Waals surface area (Å²) in [6.45, 7) is 1.21. The number of benzene rings is 1. The second-order valence-corrected chi connectivity index (χ2v) is 5.97. The van der Waals surface area contributed by atoms with Gasteiger partial charge in [0.1, 0.15) is 24.8 Å². The topological polar surface area (TPSA) is 56.6 Å². The van der Waals surface area contributed by atoms with Gasteiger partial charge in [-0.15, -0.1) is 0 Å². The molecule has 1 aliphatic rings. The third-order valence-corrected chi connectivity index (χ3v) is 4.45. The summed E-state index contributed by atoms with van der Waals surface area (Å²) in [6, 6.07) is 8.07. The molecule has 6 heteroatoms. The SMILES string of the molecule is COc1ccc(C2CCCN2C(=O)COCc2nccn2C)cc1. The molecule has 1 saturated heterocycles. The summed E-state index contributed by atoms with van der Waals surface area (Å²) in [5, 5.41) is 0. The molecule has 0 aliphatic carbocycles. The van der Waals surface area contributed by atoms with E-state index in [1.807, 2.05) is 47.0 Å². The maximum Gasteiger partial charge on any atom is 0.249 e. The van der Waals surface area contributed by atoms with Crippen molar-refractivity contribution < 1.29 is 14.3 Å². The highest BCUT2D eigenvalue weighted by molar-refractivity contribution is 5.78. The number of rotatable bonds is 6. The second kappa shape index (κ2) is 7.49. The van der Waals surface area contributed by atoms with Crippen LogP contribution in [0.3, 0.4) is 0 Å². The first-order chi connectivity index (χ1) is 11.7. The van der Waals surface area contributed by atoms with Crippen molar-refractivity contribution in [3.8, 4) is 5.75 Å². The van der Waals surface area contributed by atoms with Crippen LogP contribution in [0.4, 0.5) is 0 Å². The molecule has 1 atom stereocenters. The molecule has 1 amide bonds. The lowest BCUT2D eigenvalue weighted by molar-refractivity contribution is -0.137. The number of ether oxygens (including phenoxy) is 2. The van der Waals surface area contributed by atoms with Gasteiger partial charge in [-0.25, -0.2) is 4.98 Å². The lowest BCUT2D eigenvalue weighted by Crippen LogP contribution is -2.33. The number of hydrogen-bond acceptors (Lipinski definition) is 4. The van der Waals surface area contributed by atoms with Crippen LogP contribution in [0.25, 0.3) is 0 Å². The van der Waals surface area contributed by atoms with E-state index in [0.29, 0.717) is 6.61 Å². The molecule has 0 saturated carbocycles. The van der Waals surface area contributed by atoms with Crippen LogP contribution < -0.4 is 4.74 Å². The van der Waals surface area contributed by atoms with Crippen molar-refractivity contribution in [2.75, 3.05) is 20.3 Å². The maximum atomic E-state index is 12.5. The quantitative estimate of drug-likeness (QED) is 0.816. The molecule has 1 fully saturated rings. The van der Waals surface area contributed by atoms with Gasteiger partial charge in [-0.1, -0.05) is 12.1 Å². The smallest absolute Gasteiger partial charge is 0.249 e. The summed E-state index contributed by atoms with van der Waals surface area (Å²) < 4.78 is 12.6. The third kappa shape index (κ3) is 3.59. The predicted octanol–water partition coefficient (Wildman–Crippen LogP) is 2.31. The van der Waals surface area contributed by atoms with Crippen LogP contribution >= 0.6 is 0 Å². The molecule has 0 spiro atoms. The van der Waals surface area contributed by atoms with Crippen molar-refractivity contribution in [1.29, 1.82) is 0 Å². The number of hydrogen-bond donors (Lipinski definition) is 0. The number of nitrogens with zero attached hydrogens (tertiary/aromatic N) is 3. The van der Waals surface area contributed by atoms with Crippen LogP contribution in [0.15, 0.2) is 36.7 Å². The van der Waals surface area contributed by atoms with Gasteiger partial charge in [-0.3, -0.25) is 4.79 Å². The molecule has 3 rings (SSSR count). The van der Waals surface area contributed by atoms with Crippen molar-refractivity contribution in [3.63, 3.8) is 0 Å². The monoisotopic (exact) mass is 329 g/mol. The Hall–Kier alpha value is -2.34. The van der Waals surface area contributed by atoms with Gasteiger partial charge in [0.15, 0.2) is 0 Å².